The molecular formula is C21H27N3O3S. The number of rotatable bonds is 7. The molecule has 28 heavy (non-hydrogen) atoms. The summed E-state index contributed by atoms with van der Waals surface area (Å²) in [6, 6.07) is 14.1. The van der Waals surface area contributed by atoms with E-state index >= 15 is 0 Å². The van der Waals surface area contributed by atoms with Crippen LogP contribution in [0, 0.1) is 0 Å². The Bertz CT molecular complexity index is 940. The average molecular weight is 402 g/mol. The third kappa shape index (κ3) is 4.79. The van der Waals surface area contributed by atoms with Gasteiger partial charge in [0.15, 0.2) is 0 Å². The Morgan fingerprint density at radius 3 is 2.39 bits per heavy atom. The molecule has 2 aromatic rings. The van der Waals surface area contributed by atoms with Crippen molar-refractivity contribution in [3.8, 4) is 0 Å². The van der Waals surface area contributed by atoms with Gasteiger partial charge in [0.1, 0.15) is 0 Å². The van der Waals surface area contributed by atoms with E-state index in [0.29, 0.717) is 5.69 Å². The number of carbonyl (C=O) groups is 1. The van der Waals surface area contributed by atoms with Gasteiger partial charge in [0, 0.05) is 17.8 Å². The minimum absolute atomic E-state index is 0.153. The van der Waals surface area contributed by atoms with Crippen molar-refractivity contribution in [2.24, 2.45) is 0 Å². The van der Waals surface area contributed by atoms with Gasteiger partial charge in [-0.05, 0) is 69.0 Å². The van der Waals surface area contributed by atoms with Crippen molar-refractivity contribution in [2.75, 3.05) is 5.32 Å². The monoisotopic (exact) mass is 401 g/mol. The molecule has 2 atom stereocenters. The summed E-state index contributed by atoms with van der Waals surface area (Å²) in [6.45, 7) is 5.37. The van der Waals surface area contributed by atoms with E-state index in [1.807, 2.05) is 19.1 Å². The molecule has 0 saturated carbocycles. The van der Waals surface area contributed by atoms with Gasteiger partial charge in [-0.25, -0.2) is 13.1 Å². The highest BCUT2D eigenvalue weighted by Gasteiger charge is 2.25. The molecule has 150 valence electrons. The van der Waals surface area contributed by atoms with Crippen LogP contribution < -0.4 is 15.4 Å². The molecule has 0 bridgehead atoms. The lowest BCUT2D eigenvalue weighted by molar-refractivity contribution is -0.118. The molecule has 1 aliphatic carbocycles. The first-order chi connectivity index (χ1) is 13.3. The van der Waals surface area contributed by atoms with Crippen LogP contribution in [-0.2, 0) is 21.2 Å². The molecule has 0 radical (unpaired) electrons. The summed E-state index contributed by atoms with van der Waals surface area (Å²) in [4.78, 5) is 12.7. The van der Waals surface area contributed by atoms with Crippen molar-refractivity contribution in [1.29, 1.82) is 0 Å². The Labute approximate surface area is 166 Å². The van der Waals surface area contributed by atoms with Crippen molar-refractivity contribution in [3.05, 3.63) is 59.7 Å². The molecule has 0 aliphatic heterocycles. The number of sulfonamides is 1. The quantitative estimate of drug-likeness (QED) is 0.666. The Morgan fingerprint density at radius 2 is 1.71 bits per heavy atom. The molecule has 0 heterocycles. The highest BCUT2D eigenvalue weighted by molar-refractivity contribution is 7.89. The van der Waals surface area contributed by atoms with Crippen LogP contribution in [0.5, 0.6) is 0 Å². The summed E-state index contributed by atoms with van der Waals surface area (Å²) in [6.07, 6.45) is 1.99. The third-order valence-electron chi connectivity index (χ3n) is 4.80. The van der Waals surface area contributed by atoms with E-state index < -0.39 is 10.0 Å². The van der Waals surface area contributed by atoms with E-state index in [-0.39, 0.29) is 28.9 Å². The minimum Gasteiger partial charge on any atom is -0.325 e. The van der Waals surface area contributed by atoms with Crippen molar-refractivity contribution in [3.63, 3.8) is 0 Å². The molecule has 6 nitrogen and oxygen atoms in total. The lowest BCUT2D eigenvalue weighted by Gasteiger charge is -2.20. The molecule has 0 aromatic heterocycles. The Morgan fingerprint density at radius 1 is 1.04 bits per heavy atom. The summed E-state index contributed by atoms with van der Waals surface area (Å²) in [5, 5.41) is 6.24. The lowest BCUT2D eigenvalue weighted by Crippen LogP contribution is -2.39. The van der Waals surface area contributed by atoms with Gasteiger partial charge in [-0.3, -0.25) is 10.1 Å². The molecule has 0 saturated heterocycles. The Balaban J connectivity index is 1.60. The zero-order chi connectivity index (χ0) is 20.3. The van der Waals surface area contributed by atoms with Gasteiger partial charge < -0.3 is 5.32 Å². The van der Waals surface area contributed by atoms with Crippen LogP contribution in [0.1, 0.15) is 44.4 Å². The Hall–Kier alpha value is -2.22. The second kappa shape index (κ2) is 8.43. The van der Waals surface area contributed by atoms with Crippen LogP contribution in [0.2, 0.25) is 0 Å². The van der Waals surface area contributed by atoms with Gasteiger partial charge in [-0.15, -0.1) is 0 Å². The number of hydrogen-bond acceptors (Lipinski definition) is 4. The molecule has 1 amide bonds. The molecule has 0 spiro atoms. The van der Waals surface area contributed by atoms with Crippen molar-refractivity contribution in [2.45, 2.75) is 56.6 Å². The number of fused-ring (bicyclic) bond motifs is 1. The molecule has 3 N–H and O–H groups in total. The van der Waals surface area contributed by atoms with Gasteiger partial charge in [-0.1, -0.05) is 24.3 Å². The van der Waals surface area contributed by atoms with Crippen molar-refractivity contribution < 1.29 is 13.2 Å². The van der Waals surface area contributed by atoms with Gasteiger partial charge in [0.05, 0.1) is 10.9 Å². The molecule has 2 aromatic carbocycles. The standard InChI is InChI=1S/C21H27N3O3S/c1-14(2)24-28(26,27)18-11-9-17(10-12-18)23-21(25)15(3)22-20-13-8-16-6-4-5-7-19(16)20/h4-7,9-12,14-15,20,22,24H,8,13H2,1-3H3,(H,23,25)/t15-,20+/m0/s1. The predicted molar refractivity (Wildman–Crippen MR) is 111 cm³/mol. The maximum absolute atomic E-state index is 12.5. The summed E-state index contributed by atoms with van der Waals surface area (Å²) < 4.78 is 26.9. The normalized spacial score (nSPS) is 17.4. The number of carbonyl (C=O) groups excluding carboxylic acids is 1. The van der Waals surface area contributed by atoms with Crippen LogP contribution in [0.4, 0.5) is 5.69 Å². The largest absolute Gasteiger partial charge is 0.325 e. The molecule has 3 rings (SSSR count). The first-order valence-electron chi connectivity index (χ1n) is 9.53. The van der Waals surface area contributed by atoms with Crippen LogP contribution in [0.3, 0.4) is 0 Å². The maximum atomic E-state index is 12.5. The van der Waals surface area contributed by atoms with Gasteiger partial charge in [0.25, 0.3) is 0 Å². The summed E-state index contributed by atoms with van der Waals surface area (Å²) in [5.41, 5.74) is 3.16. The maximum Gasteiger partial charge on any atom is 0.241 e. The molecule has 0 fully saturated rings. The number of amides is 1. The number of hydrogen-bond donors (Lipinski definition) is 3. The number of aryl methyl sites for hydroxylation is 1. The predicted octanol–water partition coefficient (Wildman–Crippen LogP) is 2.98. The zero-order valence-electron chi connectivity index (χ0n) is 16.4. The fourth-order valence-corrected chi connectivity index (χ4v) is 4.71. The summed E-state index contributed by atoms with van der Waals surface area (Å²) in [5.74, 6) is -0.153. The van der Waals surface area contributed by atoms with Crippen LogP contribution in [-0.4, -0.2) is 26.4 Å². The van der Waals surface area contributed by atoms with Gasteiger partial charge >= 0.3 is 0 Å². The van der Waals surface area contributed by atoms with E-state index in [2.05, 4.69) is 27.5 Å². The van der Waals surface area contributed by atoms with Crippen LogP contribution in [0.15, 0.2) is 53.4 Å². The second-order valence-electron chi connectivity index (χ2n) is 7.47. The number of nitrogens with one attached hydrogen (secondary N) is 3. The average Bonchev–Trinajstić information content (AvgIpc) is 3.04. The van der Waals surface area contributed by atoms with Crippen molar-refractivity contribution in [1.82, 2.24) is 10.0 Å². The zero-order valence-corrected chi connectivity index (χ0v) is 17.2. The van der Waals surface area contributed by atoms with Crippen LogP contribution in [0.25, 0.3) is 0 Å². The summed E-state index contributed by atoms with van der Waals surface area (Å²) >= 11 is 0. The first kappa shape index (κ1) is 20.5. The van der Waals surface area contributed by atoms with E-state index in [9.17, 15) is 13.2 Å². The molecule has 1 aliphatic rings. The topological polar surface area (TPSA) is 87.3 Å². The summed E-state index contributed by atoms with van der Waals surface area (Å²) in [7, 11) is -3.54. The number of benzene rings is 2. The molecule has 7 heteroatoms. The fraction of sp³-hybridized carbons (Fsp3) is 0.381. The SMILES string of the molecule is CC(C)NS(=O)(=O)c1ccc(NC(=O)[C@H](C)N[C@@H]2CCc3ccccc32)cc1. The van der Waals surface area contributed by atoms with E-state index in [1.165, 1.54) is 23.3 Å². The fourth-order valence-electron chi connectivity index (χ4n) is 3.45. The highest BCUT2D eigenvalue weighted by Crippen LogP contribution is 2.31. The number of anilines is 1. The van der Waals surface area contributed by atoms with Crippen molar-refractivity contribution >= 4 is 21.6 Å². The Kier molecular flexibility index (Phi) is 6.17. The van der Waals surface area contributed by atoms with Crippen LogP contribution >= 0.6 is 0 Å². The van der Waals surface area contributed by atoms with E-state index in [0.717, 1.165) is 12.8 Å². The molecular weight excluding hydrogens is 374 g/mol. The third-order valence-corrected chi connectivity index (χ3v) is 6.47. The van der Waals surface area contributed by atoms with E-state index in [4.69, 9.17) is 0 Å². The van der Waals surface area contributed by atoms with E-state index in [1.54, 1.807) is 26.0 Å². The smallest absolute Gasteiger partial charge is 0.241 e. The second-order valence-corrected chi connectivity index (χ2v) is 9.18. The highest BCUT2D eigenvalue weighted by atomic mass is 32.2. The first-order valence-corrected chi connectivity index (χ1v) is 11.0. The minimum atomic E-state index is -3.54. The van der Waals surface area contributed by atoms with Gasteiger partial charge in [-0.2, -0.15) is 0 Å². The van der Waals surface area contributed by atoms with Gasteiger partial charge in [0.2, 0.25) is 15.9 Å². The lowest BCUT2D eigenvalue weighted by atomic mass is 10.1. The molecule has 0 unspecified atom stereocenters.